The van der Waals surface area contributed by atoms with Crippen molar-refractivity contribution in [3.05, 3.63) is 94.7 Å². The largest absolute Gasteiger partial charge is 0.469 e. The van der Waals surface area contributed by atoms with Crippen LogP contribution in [0.15, 0.2) is 82.2 Å². The van der Waals surface area contributed by atoms with Crippen LogP contribution in [0.4, 0.5) is 5.69 Å². The number of furan rings is 1. The van der Waals surface area contributed by atoms with Crippen LogP contribution in [0.2, 0.25) is 0 Å². The fourth-order valence-corrected chi connectivity index (χ4v) is 3.30. The molecular weight excluding hydrogens is 379 g/mol. The second-order valence-corrected chi connectivity index (χ2v) is 6.86. The van der Waals surface area contributed by atoms with Gasteiger partial charge in [0.2, 0.25) is 5.91 Å². The molecule has 0 fully saturated rings. The van der Waals surface area contributed by atoms with Gasteiger partial charge in [0.05, 0.1) is 18.2 Å². The van der Waals surface area contributed by atoms with E-state index < -0.39 is 17.4 Å². The Morgan fingerprint density at radius 2 is 1.77 bits per heavy atom. The average Bonchev–Trinajstić information content (AvgIpc) is 3.25. The van der Waals surface area contributed by atoms with Gasteiger partial charge in [-0.25, -0.2) is 4.57 Å². The number of rotatable bonds is 4. The van der Waals surface area contributed by atoms with Crippen molar-refractivity contribution in [3.8, 4) is 0 Å². The van der Waals surface area contributed by atoms with Crippen molar-refractivity contribution < 1.29 is 14.0 Å². The molecular formula is C23H17BN2O4. The number of hydrogen-bond acceptors (Lipinski definition) is 4. The Morgan fingerprint density at radius 3 is 2.47 bits per heavy atom. The number of aromatic nitrogens is 1. The van der Waals surface area contributed by atoms with Gasteiger partial charge in [-0.1, -0.05) is 35.8 Å². The van der Waals surface area contributed by atoms with Crippen LogP contribution in [0.25, 0.3) is 10.9 Å². The molecule has 0 aliphatic rings. The molecule has 0 saturated heterocycles. The molecule has 2 aromatic carbocycles. The van der Waals surface area contributed by atoms with Gasteiger partial charge >= 0.3 is 0 Å². The lowest BCUT2D eigenvalue weighted by Crippen LogP contribution is -2.37. The Bertz CT molecular complexity index is 1290. The van der Waals surface area contributed by atoms with Gasteiger partial charge in [-0.2, -0.15) is 0 Å². The van der Waals surface area contributed by atoms with Crippen LogP contribution in [0.5, 0.6) is 0 Å². The first kappa shape index (κ1) is 19.5. The molecule has 0 aliphatic carbocycles. The summed E-state index contributed by atoms with van der Waals surface area (Å²) in [5.41, 5.74) is 0.815. The van der Waals surface area contributed by atoms with Crippen molar-refractivity contribution in [1.82, 2.24) is 4.57 Å². The van der Waals surface area contributed by atoms with E-state index in [9.17, 15) is 14.4 Å². The molecule has 0 aliphatic heterocycles. The maximum absolute atomic E-state index is 13.2. The number of carbonyl (C=O) groups is 2. The first-order valence-corrected chi connectivity index (χ1v) is 9.29. The molecule has 0 N–H and O–H groups in total. The summed E-state index contributed by atoms with van der Waals surface area (Å²) in [6, 6.07) is 18.5. The van der Waals surface area contributed by atoms with Crippen LogP contribution < -0.4 is 15.9 Å². The standard InChI is InChI=1S/C23H17BN2O4/c1-25(17-10-8-16(24)9-11-17)22(28)19-13-15-5-2-3-7-20(15)26(23(19)29)21(27)14-18-6-4-12-30-18/h2-13H,14H2,1H3. The molecule has 0 spiro atoms. The van der Waals surface area contributed by atoms with Crippen molar-refractivity contribution in [3.63, 3.8) is 0 Å². The van der Waals surface area contributed by atoms with E-state index in [2.05, 4.69) is 0 Å². The zero-order chi connectivity index (χ0) is 21.3. The summed E-state index contributed by atoms with van der Waals surface area (Å²) in [7, 11) is 7.27. The van der Waals surface area contributed by atoms with Crippen molar-refractivity contribution in [2.75, 3.05) is 11.9 Å². The molecule has 4 aromatic rings. The minimum Gasteiger partial charge on any atom is -0.469 e. The fourth-order valence-electron chi connectivity index (χ4n) is 3.30. The van der Waals surface area contributed by atoms with Crippen LogP contribution >= 0.6 is 0 Å². The molecule has 4 rings (SSSR count). The highest BCUT2D eigenvalue weighted by Crippen LogP contribution is 2.18. The van der Waals surface area contributed by atoms with Crippen LogP contribution in [0.1, 0.15) is 20.9 Å². The topological polar surface area (TPSA) is 72.5 Å². The molecule has 1 amide bonds. The molecule has 0 bridgehead atoms. The highest BCUT2D eigenvalue weighted by Gasteiger charge is 2.23. The Balaban J connectivity index is 1.81. The van der Waals surface area contributed by atoms with Gasteiger partial charge in [-0.05, 0) is 41.8 Å². The van der Waals surface area contributed by atoms with Crippen molar-refractivity contribution >= 4 is 41.7 Å². The summed E-state index contributed by atoms with van der Waals surface area (Å²) in [5.74, 6) is -0.558. The number of hydrogen-bond donors (Lipinski definition) is 0. The van der Waals surface area contributed by atoms with E-state index in [0.717, 1.165) is 4.57 Å². The second kappa shape index (κ2) is 7.87. The van der Waals surface area contributed by atoms with Crippen molar-refractivity contribution in [2.45, 2.75) is 6.42 Å². The number of para-hydroxylation sites is 1. The van der Waals surface area contributed by atoms with Gasteiger partial charge in [0, 0.05) is 12.7 Å². The van der Waals surface area contributed by atoms with Crippen molar-refractivity contribution in [2.24, 2.45) is 0 Å². The van der Waals surface area contributed by atoms with Crippen LogP contribution in [0.3, 0.4) is 0 Å². The maximum Gasteiger partial charge on any atom is 0.270 e. The number of benzene rings is 2. The van der Waals surface area contributed by atoms with Crippen molar-refractivity contribution in [1.29, 1.82) is 0 Å². The molecule has 2 radical (unpaired) electrons. The number of amides is 1. The zero-order valence-corrected chi connectivity index (χ0v) is 16.2. The summed E-state index contributed by atoms with van der Waals surface area (Å²) in [4.78, 5) is 40.7. The number of carbonyl (C=O) groups excluding carboxylic acids is 2. The molecule has 2 aromatic heterocycles. The lowest BCUT2D eigenvalue weighted by Gasteiger charge is -2.18. The van der Waals surface area contributed by atoms with E-state index in [0.29, 0.717) is 27.8 Å². The Kier molecular flexibility index (Phi) is 5.10. The molecule has 0 unspecified atom stereocenters. The van der Waals surface area contributed by atoms with Gasteiger partial charge < -0.3 is 9.32 Å². The minimum atomic E-state index is -0.669. The normalized spacial score (nSPS) is 10.8. The van der Waals surface area contributed by atoms with Gasteiger partial charge in [0.15, 0.2) is 0 Å². The Hall–Kier alpha value is -3.87. The van der Waals surface area contributed by atoms with Gasteiger partial charge in [0.25, 0.3) is 11.5 Å². The van der Waals surface area contributed by atoms with E-state index in [1.165, 1.54) is 17.2 Å². The summed E-state index contributed by atoms with van der Waals surface area (Å²) < 4.78 is 6.28. The number of pyridine rings is 1. The third kappa shape index (κ3) is 3.57. The second-order valence-electron chi connectivity index (χ2n) is 6.86. The molecule has 6 nitrogen and oxygen atoms in total. The Labute approximate surface area is 173 Å². The van der Waals surface area contributed by atoms with Gasteiger partial charge in [-0.15, -0.1) is 0 Å². The van der Waals surface area contributed by atoms with E-state index in [-0.39, 0.29) is 12.0 Å². The third-order valence-electron chi connectivity index (χ3n) is 4.88. The molecule has 30 heavy (non-hydrogen) atoms. The van der Waals surface area contributed by atoms with E-state index in [1.54, 1.807) is 67.7 Å². The number of anilines is 1. The molecule has 0 saturated carbocycles. The minimum absolute atomic E-state index is 0.0949. The lowest BCUT2D eigenvalue weighted by atomic mass is 9.96. The van der Waals surface area contributed by atoms with E-state index in [4.69, 9.17) is 12.3 Å². The van der Waals surface area contributed by atoms with Crippen LogP contribution in [0, 0.1) is 0 Å². The first-order chi connectivity index (χ1) is 14.5. The number of fused-ring (bicyclic) bond motifs is 1. The van der Waals surface area contributed by atoms with Gasteiger partial charge in [0.1, 0.15) is 19.2 Å². The quantitative estimate of drug-likeness (QED) is 0.497. The summed E-state index contributed by atoms with van der Waals surface area (Å²) in [5, 5.41) is 0.610. The Morgan fingerprint density at radius 1 is 1.03 bits per heavy atom. The smallest absolute Gasteiger partial charge is 0.270 e. The number of nitrogens with zero attached hydrogens (tertiary/aromatic N) is 2. The highest BCUT2D eigenvalue weighted by atomic mass is 16.3. The fraction of sp³-hybridized carbons (Fsp3) is 0.0870. The third-order valence-corrected chi connectivity index (χ3v) is 4.88. The van der Waals surface area contributed by atoms with Gasteiger partial charge in [-0.3, -0.25) is 14.4 Å². The SMILES string of the molecule is [B]c1ccc(N(C)C(=O)c2cc3ccccc3n(C(=O)Cc3ccco3)c2=O)cc1. The lowest BCUT2D eigenvalue weighted by molar-refractivity contribution is 0.0908. The maximum atomic E-state index is 13.2. The van der Waals surface area contributed by atoms with Crippen LogP contribution in [-0.2, 0) is 6.42 Å². The highest BCUT2D eigenvalue weighted by molar-refractivity contribution is 6.32. The predicted molar refractivity (Wildman–Crippen MR) is 116 cm³/mol. The zero-order valence-electron chi connectivity index (χ0n) is 16.2. The average molecular weight is 396 g/mol. The van der Waals surface area contributed by atoms with E-state index in [1.807, 2.05) is 0 Å². The van der Waals surface area contributed by atoms with Crippen LogP contribution in [-0.4, -0.2) is 31.3 Å². The molecule has 7 heteroatoms. The summed E-state index contributed by atoms with van der Waals surface area (Å²) in [6.45, 7) is 0. The predicted octanol–water partition coefficient (Wildman–Crippen LogP) is 2.55. The molecule has 146 valence electrons. The van der Waals surface area contributed by atoms with E-state index >= 15 is 0 Å². The summed E-state index contributed by atoms with van der Waals surface area (Å²) in [6.07, 6.45) is 1.37. The molecule has 0 atom stereocenters. The molecule has 2 heterocycles. The first-order valence-electron chi connectivity index (χ1n) is 9.29. The summed E-state index contributed by atoms with van der Waals surface area (Å²) >= 11 is 0. The monoisotopic (exact) mass is 396 g/mol.